The third-order valence-corrected chi connectivity index (χ3v) is 6.07. The highest BCUT2D eigenvalue weighted by Crippen LogP contribution is 2.44. The van der Waals surface area contributed by atoms with Crippen LogP contribution in [0, 0.1) is 0 Å². The monoisotopic (exact) mass is 400 g/mol. The summed E-state index contributed by atoms with van der Waals surface area (Å²) in [6, 6.07) is 16.2. The molecule has 3 rings (SSSR count). The van der Waals surface area contributed by atoms with E-state index in [1.165, 1.54) is 0 Å². The second-order valence-electron chi connectivity index (χ2n) is 7.29. The minimum absolute atomic E-state index is 0.271. The molecule has 146 valence electrons. The van der Waals surface area contributed by atoms with Gasteiger partial charge in [-0.15, -0.1) is 0 Å². The summed E-state index contributed by atoms with van der Waals surface area (Å²) in [7, 11) is -4.12. The second kappa shape index (κ2) is 7.24. The van der Waals surface area contributed by atoms with Crippen molar-refractivity contribution in [3.05, 3.63) is 77.5 Å². The zero-order chi connectivity index (χ0) is 20.5. The van der Waals surface area contributed by atoms with Crippen molar-refractivity contribution in [3.63, 3.8) is 0 Å². The van der Waals surface area contributed by atoms with Gasteiger partial charge < -0.3 is 9.47 Å². The first-order valence-corrected chi connectivity index (χ1v) is 10.2. The Balaban J connectivity index is 2.12. The van der Waals surface area contributed by atoms with Gasteiger partial charge in [-0.2, -0.15) is 0 Å². The van der Waals surface area contributed by atoms with E-state index in [1.807, 2.05) is 0 Å². The lowest BCUT2D eigenvalue weighted by atomic mass is 10.1. The number of hydrogen-bond acceptors (Lipinski definition) is 6. The van der Waals surface area contributed by atoms with Gasteiger partial charge in [-0.25, -0.2) is 13.2 Å². The largest absolute Gasteiger partial charge is 0.514 e. The van der Waals surface area contributed by atoms with Crippen molar-refractivity contribution in [3.8, 4) is 0 Å². The molecule has 1 heterocycles. The highest BCUT2D eigenvalue weighted by molar-refractivity contribution is 8.02. The predicted octanol–water partition coefficient (Wildman–Crippen LogP) is 4.05. The van der Waals surface area contributed by atoms with Crippen molar-refractivity contribution >= 4 is 26.7 Å². The molecule has 0 amide bonds. The highest BCUT2D eigenvalue weighted by atomic mass is 32.2. The standard InChI is InChI=1S/C21H20O6S/c1-21(2,3)27-20(23)26-17-16(22)18(14-10-6-4-7-11-14)28(24,25)19(17)15-12-8-5-9-13-15/h4-13,18H,1-3H3. The molecule has 0 spiro atoms. The SMILES string of the molecule is CC(C)(C)OC(=O)OC1=C(c2ccccc2)S(=O)(=O)C(c2ccccc2)C1=O. The number of allylic oxidation sites excluding steroid dienone is 1. The van der Waals surface area contributed by atoms with Gasteiger partial charge in [-0.1, -0.05) is 60.7 Å². The Morgan fingerprint density at radius 1 is 0.929 bits per heavy atom. The average Bonchev–Trinajstić information content (AvgIpc) is 2.80. The maximum absolute atomic E-state index is 13.3. The Labute approximate surface area is 163 Å². The fraction of sp³-hybridized carbons (Fsp3) is 0.238. The van der Waals surface area contributed by atoms with Gasteiger partial charge in [0.2, 0.25) is 5.78 Å². The number of rotatable bonds is 3. The van der Waals surface area contributed by atoms with Crippen molar-refractivity contribution in [1.82, 2.24) is 0 Å². The number of ketones is 1. The predicted molar refractivity (Wildman–Crippen MR) is 104 cm³/mol. The normalized spacial score (nSPS) is 18.8. The highest BCUT2D eigenvalue weighted by Gasteiger charge is 2.50. The minimum atomic E-state index is -4.12. The van der Waals surface area contributed by atoms with E-state index in [1.54, 1.807) is 81.4 Å². The number of carbonyl (C=O) groups excluding carboxylic acids is 2. The summed E-state index contributed by atoms with van der Waals surface area (Å²) in [5.74, 6) is -1.31. The molecule has 0 aromatic heterocycles. The Morgan fingerprint density at radius 3 is 2.00 bits per heavy atom. The van der Waals surface area contributed by atoms with Gasteiger partial charge in [0.25, 0.3) is 0 Å². The quantitative estimate of drug-likeness (QED) is 0.723. The lowest BCUT2D eigenvalue weighted by Gasteiger charge is -2.18. The third kappa shape index (κ3) is 3.84. The summed E-state index contributed by atoms with van der Waals surface area (Å²) in [5.41, 5.74) is -0.277. The van der Waals surface area contributed by atoms with Gasteiger partial charge in [-0.3, -0.25) is 4.79 Å². The van der Waals surface area contributed by atoms with Crippen LogP contribution in [-0.2, 0) is 24.1 Å². The molecule has 1 unspecified atom stereocenters. The minimum Gasteiger partial charge on any atom is -0.428 e. The molecule has 7 heteroatoms. The van der Waals surface area contributed by atoms with E-state index in [0.717, 1.165) is 0 Å². The maximum atomic E-state index is 13.3. The van der Waals surface area contributed by atoms with E-state index in [4.69, 9.17) is 9.47 Å². The number of ether oxygens (including phenoxy) is 2. The molecule has 0 N–H and O–H groups in total. The number of sulfone groups is 1. The number of Topliss-reactive ketones (excluding diaryl/α,β-unsaturated/α-hetero) is 1. The lowest BCUT2D eigenvalue weighted by Crippen LogP contribution is -2.25. The maximum Gasteiger partial charge on any atom is 0.514 e. The van der Waals surface area contributed by atoms with Gasteiger partial charge in [0.05, 0.1) is 0 Å². The van der Waals surface area contributed by atoms with Crippen molar-refractivity contribution < 1.29 is 27.5 Å². The summed E-state index contributed by atoms with van der Waals surface area (Å²) < 4.78 is 36.8. The second-order valence-corrected chi connectivity index (χ2v) is 9.26. The van der Waals surface area contributed by atoms with E-state index in [2.05, 4.69) is 0 Å². The van der Waals surface area contributed by atoms with Crippen molar-refractivity contribution in [2.45, 2.75) is 31.6 Å². The van der Waals surface area contributed by atoms with Gasteiger partial charge in [-0.05, 0) is 31.9 Å². The molecule has 0 aliphatic carbocycles. The van der Waals surface area contributed by atoms with Gasteiger partial charge in [0.1, 0.15) is 10.5 Å². The van der Waals surface area contributed by atoms with Crippen LogP contribution < -0.4 is 0 Å². The molecule has 1 atom stereocenters. The summed E-state index contributed by atoms with van der Waals surface area (Å²) in [6.45, 7) is 4.92. The van der Waals surface area contributed by atoms with Gasteiger partial charge >= 0.3 is 6.16 Å². The summed E-state index contributed by atoms with van der Waals surface area (Å²) in [5, 5.41) is -1.47. The average molecular weight is 400 g/mol. The van der Waals surface area contributed by atoms with E-state index < -0.39 is 38.4 Å². The first kappa shape index (κ1) is 19.8. The number of benzene rings is 2. The van der Waals surface area contributed by atoms with E-state index >= 15 is 0 Å². The third-order valence-electron chi connectivity index (χ3n) is 3.98. The molecule has 0 fully saturated rings. The molecule has 6 nitrogen and oxygen atoms in total. The number of carbonyl (C=O) groups is 2. The van der Waals surface area contributed by atoms with Crippen LogP contribution in [0.1, 0.15) is 37.1 Å². The molecule has 2 aromatic rings. The van der Waals surface area contributed by atoms with Crippen LogP contribution in [0.25, 0.3) is 4.91 Å². The van der Waals surface area contributed by atoms with E-state index in [9.17, 15) is 18.0 Å². The summed E-state index contributed by atoms with van der Waals surface area (Å²) in [6.07, 6.45) is -1.13. The van der Waals surface area contributed by atoms with Crippen LogP contribution >= 0.6 is 0 Å². The molecule has 1 aliphatic heterocycles. The van der Waals surface area contributed by atoms with Crippen LogP contribution in [0.5, 0.6) is 0 Å². The molecule has 0 saturated carbocycles. The van der Waals surface area contributed by atoms with Crippen LogP contribution in [0.15, 0.2) is 66.4 Å². The van der Waals surface area contributed by atoms with Gasteiger partial charge in [0.15, 0.2) is 20.8 Å². The Kier molecular flexibility index (Phi) is 5.12. The first-order chi connectivity index (χ1) is 13.1. The first-order valence-electron chi connectivity index (χ1n) is 8.65. The Bertz CT molecular complexity index is 1030. The lowest BCUT2D eigenvalue weighted by molar-refractivity contribution is -0.118. The van der Waals surface area contributed by atoms with Crippen LogP contribution in [0.4, 0.5) is 4.79 Å². The molecule has 28 heavy (non-hydrogen) atoms. The smallest absolute Gasteiger partial charge is 0.428 e. The molecular formula is C21H20O6S. The van der Waals surface area contributed by atoms with Crippen molar-refractivity contribution in [1.29, 1.82) is 0 Å². The van der Waals surface area contributed by atoms with Crippen LogP contribution in [0.3, 0.4) is 0 Å². The van der Waals surface area contributed by atoms with E-state index in [-0.39, 0.29) is 10.5 Å². The van der Waals surface area contributed by atoms with Gasteiger partial charge in [0, 0.05) is 0 Å². The molecule has 0 bridgehead atoms. The number of hydrogen-bond donors (Lipinski definition) is 0. The molecular weight excluding hydrogens is 380 g/mol. The Morgan fingerprint density at radius 2 is 1.46 bits per heavy atom. The molecule has 2 aromatic carbocycles. The van der Waals surface area contributed by atoms with Crippen molar-refractivity contribution in [2.24, 2.45) is 0 Å². The Hall–Kier alpha value is -2.93. The fourth-order valence-corrected chi connectivity index (χ4v) is 4.92. The van der Waals surface area contributed by atoms with Crippen LogP contribution in [0.2, 0.25) is 0 Å². The van der Waals surface area contributed by atoms with Crippen molar-refractivity contribution in [2.75, 3.05) is 0 Å². The molecule has 1 aliphatic rings. The molecule has 0 radical (unpaired) electrons. The zero-order valence-electron chi connectivity index (χ0n) is 15.7. The molecule has 0 saturated heterocycles. The fourth-order valence-electron chi connectivity index (χ4n) is 2.91. The van der Waals surface area contributed by atoms with Crippen LogP contribution in [-0.4, -0.2) is 26.0 Å². The topological polar surface area (TPSA) is 86.7 Å². The summed E-state index contributed by atoms with van der Waals surface area (Å²) in [4.78, 5) is 24.9. The zero-order valence-corrected chi connectivity index (χ0v) is 16.5. The van der Waals surface area contributed by atoms with E-state index in [0.29, 0.717) is 5.56 Å². The summed E-state index contributed by atoms with van der Waals surface area (Å²) >= 11 is 0.